The van der Waals surface area contributed by atoms with E-state index in [1.54, 1.807) is 32.9 Å². The highest BCUT2D eigenvalue weighted by atomic mass is 79.9. The molecule has 6 nitrogen and oxygen atoms in total. The molecule has 0 aliphatic heterocycles. The summed E-state index contributed by atoms with van der Waals surface area (Å²) in [6.45, 7) is 9.07. The highest BCUT2D eigenvalue weighted by Gasteiger charge is 2.26. The molecule has 0 aliphatic rings. The third-order valence-corrected chi connectivity index (χ3v) is 3.85. The van der Waals surface area contributed by atoms with Gasteiger partial charge in [-0.1, -0.05) is 19.9 Å². The van der Waals surface area contributed by atoms with Crippen LogP contribution in [-0.4, -0.2) is 33.9 Å². The van der Waals surface area contributed by atoms with E-state index in [-0.39, 0.29) is 18.1 Å². The normalized spacial score (nSPS) is 12.8. The molecule has 0 bridgehead atoms. The molecule has 0 saturated carbocycles. The second-order valence-corrected chi connectivity index (χ2v) is 7.76. The van der Waals surface area contributed by atoms with Crippen molar-refractivity contribution >= 4 is 28.0 Å². The number of carbonyl (C=O) groups excluding carboxylic acids is 1. The molecule has 7 heteroatoms. The number of carboxylic acids is 1. The van der Waals surface area contributed by atoms with Crippen LogP contribution in [0.3, 0.4) is 0 Å². The van der Waals surface area contributed by atoms with Crippen LogP contribution in [0.25, 0.3) is 0 Å². The van der Waals surface area contributed by atoms with Gasteiger partial charge in [0.15, 0.2) is 0 Å². The summed E-state index contributed by atoms with van der Waals surface area (Å²) in [5.74, 6) is -1.02. The molecule has 0 heterocycles. The number of benzene rings is 1. The Morgan fingerprint density at radius 3 is 2.33 bits per heavy atom. The molecule has 3 N–H and O–H groups in total. The summed E-state index contributed by atoms with van der Waals surface area (Å²) in [7, 11) is 0. The minimum atomic E-state index is -1.21. The van der Waals surface area contributed by atoms with Crippen LogP contribution >= 0.6 is 15.9 Å². The van der Waals surface area contributed by atoms with Gasteiger partial charge in [-0.2, -0.15) is 0 Å². The van der Waals surface area contributed by atoms with Crippen LogP contribution in [0.15, 0.2) is 16.6 Å². The van der Waals surface area contributed by atoms with Crippen molar-refractivity contribution in [3.05, 3.63) is 27.7 Å². The number of nitrogens with one attached hydrogen (secondary N) is 1. The Labute approximate surface area is 150 Å². The van der Waals surface area contributed by atoms with Crippen molar-refractivity contribution in [1.29, 1.82) is 0 Å². The van der Waals surface area contributed by atoms with E-state index in [1.165, 1.54) is 0 Å². The molecule has 134 valence electrons. The number of phenolic OH excluding ortho intramolecular Hbond substituents is 1. The third-order valence-electron chi connectivity index (χ3n) is 3.24. The van der Waals surface area contributed by atoms with Crippen LogP contribution in [0.1, 0.15) is 51.7 Å². The predicted molar refractivity (Wildman–Crippen MR) is 94.4 cm³/mol. The Hall–Kier alpha value is -1.76. The highest BCUT2D eigenvalue weighted by Crippen LogP contribution is 2.33. The first-order chi connectivity index (χ1) is 10.9. The van der Waals surface area contributed by atoms with Crippen molar-refractivity contribution in [2.24, 2.45) is 0 Å². The van der Waals surface area contributed by atoms with Gasteiger partial charge < -0.3 is 20.3 Å². The van der Waals surface area contributed by atoms with Gasteiger partial charge in [0, 0.05) is 6.42 Å². The summed E-state index contributed by atoms with van der Waals surface area (Å²) in [6.07, 6.45) is -0.868. The number of aromatic hydroxyl groups is 1. The number of hydrogen-bond acceptors (Lipinski definition) is 4. The average Bonchev–Trinajstić information content (AvgIpc) is 2.40. The maximum atomic E-state index is 11.8. The second kappa shape index (κ2) is 7.88. The van der Waals surface area contributed by atoms with Gasteiger partial charge in [-0.05, 0) is 59.8 Å². The number of hydrogen-bond donors (Lipinski definition) is 3. The minimum Gasteiger partial charge on any atom is -0.506 e. The van der Waals surface area contributed by atoms with E-state index in [0.29, 0.717) is 10.0 Å². The monoisotopic (exact) mass is 401 g/mol. The molecular formula is C17H24BrNO5. The lowest BCUT2D eigenvalue weighted by molar-refractivity contribution is -0.139. The van der Waals surface area contributed by atoms with Crippen molar-refractivity contribution in [2.75, 3.05) is 0 Å². The molecule has 0 aromatic heterocycles. The molecular weight excluding hydrogens is 378 g/mol. The highest BCUT2D eigenvalue weighted by molar-refractivity contribution is 9.10. The summed E-state index contributed by atoms with van der Waals surface area (Å²) in [4.78, 5) is 23.3. The summed E-state index contributed by atoms with van der Waals surface area (Å²) in [5, 5.41) is 21.9. The lowest BCUT2D eigenvalue weighted by Crippen LogP contribution is -2.44. The van der Waals surface area contributed by atoms with Crippen molar-refractivity contribution in [3.63, 3.8) is 0 Å². The maximum Gasteiger partial charge on any atom is 0.408 e. The number of rotatable bonds is 5. The van der Waals surface area contributed by atoms with Crippen LogP contribution in [-0.2, 0) is 16.0 Å². The Balaban J connectivity index is 3.01. The molecule has 0 radical (unpaired) electrons. The molecule has 1 atom stereocenters. The molecule has 24 heavy (non-hydrogen) atoms. The van der Waals surface area contributed by atoms with Gasteiger partial charge >= 0.3 is 12.1 Å². The van der Waals surface area contributed by atoms with E-state index >= 15 is 0 Å². The first-order valence-corrected chi connectivity index (χ1v) is 8.43. The third kappa shape index (κ3) is 6.03. The second-order valence-electron chi connectivity index (χ2n) is 6.91. The molecule has 1 aromatic carbocycles. The molecule has 0 spiro atoms. The van der Waals surface area contributed by atoms with Gasteiger partial charge in [-0.25, -0.2) is 9.59 Å². The first kappa shape index (κ1) is 20.3. The van der Waals surface area contributed by atoms with E-state index in [4.69, 9.17) is 4.74 Å². The molecule has 0 fully saturated rings. The van der Waals surface area contributed by atoms with E-state index in [2.05, 4.69) is 21.2 Å². The largest absolute Gasteiger partial charge is 0.506 e. The zero-order valence-corrected chi connectivity index (χ0v) is 16.1. The van der Waals surface area contributed by atoms with Crippen LogP contribution in [0.4, 0.5) is 4.79 Å². The molecule has 1 amide bonds. The van der Waals surface area contributed by atoms with Crippen molar-refractivity contribution in [1.82, 2.24) is 5.32 Å². The number of carboxylic acid groups (broad SMARTS) is 1. The number of amides is 1. The minimum absolute atomic E-state index is 0.0309. The fraction of sp³-hybridized carbons (Fsp3) is 0.529. The van der Waals surface area contributed by atoms with Gasteiger partial charge in [0.25, 0.3) is 0 Å². The Morgan fingerprint density at radius 1 is 1.29 bits per heavy atom. The lowest BCUT2D eigenvalue weighted by Gasteiger charge is -2.22. The summed E-state index contributed by atoms with van der Waals surface area (Å²) >= 11 is 3.27. The van der Waals surface area contributed by atoms with E-state index < -0.39 is 23.7 Å². The zero-order valence-electron chi connectivity index (χ0n) is 14.5. The summed E-state index contributed by atoms with van der Waals surface area (Å²) in [6, 6.07) is 2.33. The van der Waals surface area contributed by atoms with Crippen molar-refractivity contribution in [2.45, 2.75) is 58.6 Å². The first-order valence-electron chi connectivity index (χ1n) is 7.64. The lowest BCUT2D eigenvalue weighted by atomic mass is 9.97. The topological polar surface area (TPSA) is 95.9 Å². The zero-order chi connectivity index (χ0) is 18.7. The van der Waals surface area contributed by atoms with E-state index in [9.17, 15) is 19.8 Å². The Bertz CT molecular complexity index is 622. The van der Waals surface area contributed by atoms with Crippen LogP contribution in [0.2, 0.25) is 0 Å². The number of alkyl carbamates (subject to hydrolysis) is 1. The molecule has 1 unspecified atom stereocenters. The van der Waals surface area contributed by atoms with Gasteiger partial charge in [0.1, 0.15) is 17.4 Å². The average molecular weight is 402 g/mol. The van der Waals surface area contributed by atoms with E-state index in [1.807, 2.05) is 13.8 Å². The van der Waals surface area contributed by atoms with Gasteiger partial charge in [-0.15, -0.1) is 0 Å². The fourth-order valence-electron chi connectivity index (χ4n) is 2.04. The summed E-state index contributed by atoms with van der Waals surface area (Å²) in [5.41, 5.74) is 0.670. The molecule has 0 aliphatic carbocycles. The molecule has 1 aromatic rings. The quantitative estimate of drug-likeness (QED) is 0.696. The number of halogens is 1. The SMILES string of the molecule is CC(C)c1cc(Br)c(O)c(CC(NC(=O)OC(C)(C)C)C(=O)O)c1. The Morgan fingerprint density at radius 2 is 1.88 bits per heavy atom. The van der Waals surface area contributed by atoms with Crippen LogP contribution in [0, 0.1) is 0 Å². The van der Waals surface area contributed by atoms with Crippen LogP contribution < -0.4 is 5.32 Å². The number of carbonyl (C=O) groups is 2. The van der Waals surface area contributed by atoms with E-state index in [0.717, 1.165) is 5.56 Å². The standard InChI is InChI=1S/C17H24BrNO5/c1-9(2)10-6-11(14(20)12(18)7-10)8-13(15(21)22)19-16(23)24-17(3,4)5/h6-7,9,13,20H,8H2,1-5H3,(H,19,23)(H,21,22). The van der Waals surface area contributed by atoms with Gasteiger partial charge in [-0.3, -0.25) is 0 Å². The predicted octanol–water partition coefficient (Wildman–Crippen LogP) is 3.80. The molecule has 1 rings (SSSR count). The van der Waals surface area contributed by atoms with Gasteiger partial charge in [0.2, 0.25) is 0 Å². The smallest absolute Gasteiger partial charge is 0.408 e. The fourth-order valence-corrected chi connectivity index (χ4v) is 2.56. The number of phenols is 1. The number of ether oxygens (including phenoxy) is 1. The van der Waals surface area contributed by atoms with Gasteiger partial charge in [0.05, 0.1) is 4.47 Å². The molecule has 0 saturated heterocycles. The summed E-state index contributed by atoms with van der Waals surface area (Å²) < 4.78 is 5.58. The van der Waals surface area contributed by atoms with Crippen molar-refractivity contribution < 1.29 is 24.5 Å². The van der Waals surface area contributed by atoms with Crippen LogP contribution in [0.5, 0.6) is 5.75 Å². The Kier molecular flexibility index (Phi) is 6.66. The maximum absolute atomic E-state index is 11.8. The number of aliphatic carboxylic acids is 1. The van der Waals surface area contributed by atoms with Crippen molar-refractivity contribution in [3.8, 4) is 5.75 Å².